The lowest BCUT2D eigenvalue weighted by Crippen LogP contribution is -2.38. The molecular weight excluding hydrogens is 340 g/mol. The summed E-state index contributed by atoms with van der Waals surface area (Å²) in [5.41, 5.74) is 2.05. The quantitative estimate of drug-likeness (QED) is 0.695. The molecule has 0 spiro atoms. The zero-order valence-electron chi connectivity index (χ0n) is 15.1. The minimum absolute atomic E-state index is 0.202. The van der Waals surface area contributed by atoms with Gasteiger partial charge < -0.3 is 9.42 Å². The average Bonchev–Trinajstić information content (AvgIpc) is 3.24. The molecule has 1 aliphatic rings. The highest BCUT2D eigenvalue weighted by molar-refractivity contribution is 5.76. The molecule has 0 aliphatic carbocycles. The van der Waals surface area contributed by atoms with Crippen LogP contribution in [0.1, 0.15) is 36.6 Å². The van der Waals surface area contributed by atoms with Crippen molar-refractivity contribution in [1.29, 1.82) is 0 Å². The van der Waals surface area contributed by atoms with Gasteiger partial charge in [0.2, 0.25) is 17.6 Å². The number of nitrogens with zero attached hydrogens (tertiary/aromatic N) is 4. The summed E-state index contributed by atoms with van der Waals surface area (Å²) in [5.74, 6) is 1.72. The second-order valence-corrected chi connectivity index (χ2v) is 6.84. The van der Waals surface area contributed by atoms with Gasteiger partial charge in [0.25, 0.3) is 0 Å². The third-order valence-electron chi connectivity index (χ3n) is 5.02. The molecule has 0 unspecified atom stereocenters. The molecule has 0 saturated carbocycles. The van der Waals surface area contributed by atoms with Crippen LogP contribution in [-0.2, 0) is 11.2 Å². The van der Waals surface area contributed by atoms with Gasteiger partial charge in [0.05, 0.1) is 0 Å². The highest BCUT2D eigenvalue weighted by Crippen LogP contribution is 2.28. The van der Waals surface area contributed by atoms with Gasteiger partial charge >= 0.3 is 0 Å². The Balaban J connectivity index is 1.30. The highest BCUT2D eigenvalue weighted by atomic mass is 16.5. The lowest BCUT2D eigenvalue weighted by Gasteiger charge is -2.30. The third kappa shape index (κ3) is 4.22. The van der Waals surface area contributed by atoms with Crippen molar-refractivity contribution in [3.05, 3.63) is 66.3 Å². The maximum Gasteiger partial charge on any atom is 0.230 e. The van der Waals surface area contributed by atoms with Crippen LogP contribution in [0.2, 0.25) is 0 Å². The standard InChI is InChI=1S/C21H22N4O2/c26-19(9-8-16-5-4-12-22-15-16)25-13-10-18(11-14-25)21-23-20(24-27-21)17-6-2-1-3-7-17/h1-7,12,15,18H,8-11,13-14H2. The Hall–Kier alpha value is -3.02. The summed E-state index contributed by atoms with van der Waals surface area (Å²) < 4.78 is 5.49. The van der Waals surface area contributed by atoms with Crippen molar-refractivity contribution in [2.24, 2.45) is 0 Å². The van der Waals surface area contributed by atoms with Crippen LogP contribution in [0.15, 0.2) is 59.4 Å². The topological polar surface area (TPSA) is 72.1 Å². The van der Waals surface area contributed by atoms with E-state index in [1.54, 1.807) is 6.20 Å². The molecule has 2 aromatic heterocycles. The van der Waals surface area contributed by atoms with Gasteiger partial charge in [0.1, 0.15) is 0 Å². The van der Waals surface area contributed by atoms with E-state index in [1.165, 1.54) is 0 Å². The van der Waals surface area contributed by atoms with Gasteiger partial charge in [-0.1, -0.05) is 41.6 Å². The van der Waals surface area contributed by atoms with Gasteiger partial charge in [0.15, 0.2) is 0 Å². The molecule has 1 aromatic carbocycles. The monoisotopic (exact) mass is 362 g/mol. The molecule has 1 amide bonds. The Morgan fingerprint density at radius 2 is 1.93 bits per heavy atom. The minimum Gasteiger partial charge on any atom is -0.343 e. The van der Waals surface area contributed by atoms with Crippen molar-refractivity contribution in [2.75, 3.05) is 13.1 Å². The molecule has 138 valence electrons. The van der Waals surface area contributed by atoms with E-state index in [9.17, 15) is 4.79 Å². The molecule has 3 heterocycles. The van der Waals surface area contributed by atoms with E-state index in [2.05, 4.69) is 15.1 Å². The number of likely N-dealkylation sites (tertiary alicyclic amines) is 1. The van der Waals surface area contributed by atoms with Crippen LogP contribution in [-0.4, -0.2) is 39.0 Å². The lowest BCUT2D eigenvalue weighted by molar-refractivity contribution is -0.132. The Morgan fingerprint density at radius 3 is 2.67 bits per heavy atom. The summed E-state index contributed by atoms with van der Waals surface area (Å²) in [6, 6.07) is 13.7. The third-order valence-corrected chi connectivity index (χ3v) is 5.02. The average molecular weight is 362 g/mol. The van der Waals surface area contributed by atoms with Crippen LogP contribution in [0.4, 0.5) is 0 Å². The number of hydrogen-bond acceptors (Lipinski definition) is 5. The highest BCUT2D eigenvalue weighted by Gasteiger charge is 2.27. The van der Waals surface area contributed by atoms with Crippen molar-refractivity contribution in [2.45, 2.75) is 31.6 Å². The van der Waals surface area contributed by atoms with E-state index in [-0.39, 0.29) is 11.8 Å². The molecule has 0 radical (unpaired) electrons. The number of carbonyl (C=O) groups excluding carboxylic acids is 1. The van der Waals surface area contributed by atoms with Crippen LogP contribution in [0.3, 0.4) is 0 Å². The van der Waals surface area contributed by atoms with Crippen molar-refractivity contribution in [3.63, 3.8) is 0 Å². The van der Waals surface area contributed by atoms with Crippen molar-refractivity contribution >= 4 is 5.91 Å². The first-order valence-electron chi connectivity index (χ1n) is 9.35. The molecule has 1 saturated heterocycles. The van der Waals surface area contributed by atoms with Gasteiger partial charge in [0, 0.05) is 43.4 Å². The Bertz CT molecular complexity index is 871. The number of hydrogen-bond donors (Lipinski definition) is 0. The van der Waals surface area contributed by atoms with Crippen LogP contribution < -0.4 is 0 Å². The van der Waals surface area contributed by atoms with Crippen molar-refractivity contribution in [3.8, 4) is 11.4 Å². The number of pyridine rings is 1. The summed E-state index contributed by atoms with van der Waals surface area (Å²) in [7, 11) is 0. The van der Waals surface area contributed by atoms with E-state index in [0.29, 0.717) is 18.1 Å². The molecular formula is C21H22N4O2. The zero-order chi connectivity index (χ0) is 18.5. The fraction of sp³-hybridized carbons (Fsp3) is 0.333. The number of aromatic nitrogens is 3. The molecule has 4 rings (SSSR count). The molecule has 3 aromatic rings. The van der Waals surface area contributed by atoms with Gasteiger partial charge in [-0.15, -0.1) is 0 Å². The number of aryl methyl sites for hydroxylation is 1. The summed E-state index contributed by atoms with van der Waals surface area (Å²) >= 11 is 0. The van der Waals surface area contributed by atoms with Crippen LogP contribution in [0.25, 0.3) is 11.4 Å². The van der Waals surface area contributed by atoms with Gasteiger partial charge in [-0.3, -0.25) is 9.78 Å². The van der Waals surface area contributed by atoms with E-state index in [0.717, 1.165) is 43.5 Å². The van der Waals surface area contributed by atoms with E-state index < -0.39 is 0 Å². The molecule has 0 bridgehead atoms. The summed E-state index contributed by atoms with van der Waals surface area (Å²) in [6.45, 7) is 1.47. The Kier molecular flexibility index (Phi) is 5.23. The molecule has 0 N–H and O–H groups in total. The van der Waals surface area contributed by atoms with E-state index in [1.807, 2.05) is 53.6 Å². The molecule has 27 heavy (non-hydrogen) atoms. The zero-order valence-corrected chi connectivity index (χ0v) is 15.1. The molecule has 6 nitrogen and oxygen atoms in total. The number of carbonyl (C=O) groups is 1. The Labute approximate surface area is 158 Å². The first-order chi connectivity index (χ1) is 13.3. The number of piperidine rings is 1. The fourth-order valence-corrected chi connectivity index (χ4v) is 3.44. The van der Waals surface area contributed by atoms with E-state index >= 15 is 0 Å². The van der Waals surface area contributed by atoms with Gasteiger partial charge in [-0.05, 0) is 30.9 Å². The summed E-state index contributed by atoms with van der Waals surface area (Å²) in [5, 5.41) is 4.11. The second kappa shape index (κ2) is 8.12. The maximum atomic E-state index is 12.5. The van der Waals surface area contributed by atoms with Gasteiger partial charge in [-0.25, -0.2) is 0 Å². The molecule has 0 atom stereocenters. The van der Waals surface area contributed by atoms with Crippen molar-refractivity contribution in [1.82, 2.24) is 20.0 Å². The van der Waals surface area contributed by atoms with Crippen LogP contribution in [0.5, 0.6) is 0 Å². The second-order valence-electron chi connectivity index (χ2n) is 6.84. The molecule has 1 fully saturated rings. The minimum atomic E-state index is 0.202. The van der Waals surface area contributed by atoms with Crippen LogP contribution >= 0.6 is 0 Å². The predicted molar refractivity (Wildman–Crippen MR) is 101 cm³/mol. The fourth-order valence-electron chi connectivity index (χ4n) is 3.44. The Morgan fingerprint density at radius 1 is 1.11 bits per heavy atom. The van der Waals surface area contributed by atoms with Crippen molar-refractivity contribution < 1.29 is 9.32 Å². The van der Waals surface area contributed by atoms with Crippen LogP contribution in [0, 0.1) is 0 Å². The number of benzene rings is 1. The lowest BCUT2D eigenvalue weighted by atomic mass is 9.96. The smallest absolute Gasteiger partial charge is 0.230 e. The first-order valence-corrected chi connectivity index (χ1v) is 9.35. The van der Waals surface area contributed by atoms with E-state index in [4.69, 9.17) is 4.52 Å². The predicted octanol–water partition coefficient (Wildman–Crippen LogP) is 3.47. The first kappa shape index (κ1) is 17.4. The molecule has 6 heteroatoms. The summed E-state index contributed by atoms with van der Waals surface area (Å²) in [6.07, 6.45) is 6.53. The number of amides is 1. The maximum absolute atomic E-state index is 12.5. The normalized spacial score (nSPS) is 15.0. The number of rotatable bonds is 5. The molecule has 1 aliphatic heterocycles. The SMILES string of the molecule is O=C(CCc1cccnc1)N1CCC(c2nc(-c3ccccc3)no2)CC1. The summed E-state index contributed by atoms with van der Waals surface area (Å²) in [4.78, 5) is 23.1. The van der Waals surface area contributed by atoms with Gasteiger partial charge in [-0.2, -0.15) is 4.98 Å². The largest absolute Gasteiger partial charge is 0.343 e.